The van der Waals surface area contributed by atoms with Crippen molar-refractivity contribution in [1.82, 2.24) is 9.29 Å². The predicted octanol–water partition coefficient (Wildman–Crippen LogP) is 8.49. The third-order valence-corrected chi connectivity index (χ3v) is 7.77. The van der Waals surface area contributed by atoms with Gasteiger partial charge in [0.05, 0.1) is 27.3 Å². The van der Waals surface area contributed by atoms with Crippen molar-refractivity contribution in [2.75, 3.05) is 6.26 Å². The zero-order valence-electron chi connectivity index (χ0n) is 26.6. The van der Waals surface area contributed by atoms with Gasteiger partial charge < -0.3 is 9.30 Å². The van der Waals surface area contributed by atoms with E-state index >= 15 is 0 Å². The maximum Gasteiger partial charge on any atom is 0.416 e. The van der Waals surface area contributed by atoms with Gasteiger partial charge in [-0.05, 0) is 47.5 Å². The molecule has 5 aromatic rings. The maximum absolute atomic E-state index is 12.9. The predicted molar refractivity (Wildman–Crippen MR) is 179 cm³/mol. The summed E-state index contributed by atoms with van der Waals surface area (Å²) in [7, 11) is -2.26. The highest BCUT2D eigenvalue weighted by Gasteiger charge is 2.32. The van der Waals surface area contributed by atoms with Crippen molar-refractivity contribution >= 4 is 33.2 Å². The Labute approximate surface area is 296 Å². The molecular formula is C34H24ClF6N3O7S. The van der Waals surface area contributed by atoms with Crippen molar-refractivity contribution in [2.45, 2.75) is 12.4 Å². The molecule has 0 unspecified atom stereocenters. The Morgan fingerprint density at radius 1 is 0.827 bits per heavy atom. The lowest BCUT2D eigenvalue weighted by molar-refractivity contribution is -0.385. The van der Waals surface area contributed by atoms with Gasteiger partial charge in [0.1, 0.15) is 17.1 Å². The average Bonchev–Trinajstić information content (AvgIpc) is 3.05. The lowest BCUT2D eigenvalue weighted by Crippen LogP contribution is -2.29. The topological polar surface area (TPSA) is 138 Å². The number of alkyl halides is 6. The van der Waals surface area contributed by atoms with E-state index in [0.29, 0.717) is 24.0 Å². The summed E-state index contributed by atoms with van der Waals surface area (Å²) in [5, 5.41) is 10.7. The summed E-state index contributed by atoms with van der Waals surface area (Å²) in [6.07, 6.45) is -5.16. The molecule has 0 bridgehead atoms. The van der Waals surface area contributed by atoms with Crippen LogP contribution in [0.4, 0.5) is 32.0 Å². The van der Waals surface area contributed by atoms with Crippen LogP contribution in [0.3, 0.4) is 0 Å². The number of nitro benzene ring substituents is 1. The number of aryl methyl sites for hydroxylation is 1. The number of hydrogen-bond donors (Lipinski definition) is 1. The number of nitrogens with zero attached hydrogens (tertiary/aromatic N) is 2. The molecular weight excluding hydrogens is 744 g/mol. The molecule has 0 aliphatic heterocycles. The molecule has 0 atom stereocenters. The van der Waals surface area contributed by atoms with Crippen LogP contribution in [-0.4, -0.2) is 30.1 Å². The first-order valence-electron chi connectivity index (χ1n) is 14.4. The van der Waals surface area contributed by atoms with Crippen LogP contribution in [0.15, 0.2) is 108 Å². The quantitative estimate of drug-likeness (QED) is 0.0996. The van der Waals surface area contributed by atoms with Crippen molar-refractivity contribution in [3.63, 3.8) is 0 Å². The largest absolute Gasteiger partial charge is 0.456 e. The summed E-state index contributed by atoms with van der Waals surface area (Å²) in [6, 6.07) is 19.0. The van der Waals surface area contributed by atoms with Crippen LogP contribution in [0.25, 0.3) is 22.3 Å². The van der Waals surface area contributed by atoms with Crippen LogP contribution in [0, 0.1) is 10.1 Å². The second kappa shape index (κ2) is 15.3. The molecule has 0 saturated heterocycles. The SMILES string of the molecule is CS(=O)(=O)NC(=O)c1cc(Oc2ccc(C(F)(F)F)cc2Cl)ccc1[N+](=O)[O-].Cn1cc(-c2ccccc2)c(=O)c(-c2cccc(C(F)(F)F)c2)c1. The monoisotopic (exact) mass is 767 g/mol. The summed E-state index contributed by atoms with van der Waals surface area (Å²) in [4.78, 5) is 34.9. The normalized spacial score (nSPS) is 11.6. The Hall–Kier alpha value is -5.68. The molecule has 10 nitrogen and oxygen atoms in total. The number of hydrogen-bond acceptors (Lipinski definition) is 7. The fourth-order valence-corrected chi connectivity index (χ4v) is 5.29. The van der Waals surface area contributed by atoms with E-state index < -0.39 is 60.6 Å². The number of ether oxygens (including phenoxy) is 1. The van der Waals surface area contributed by atoms with Crippen LogP contribution in [-0.2, 0) is 29.4 Å². The highest BCUT2D eigenvalue weighted by molar-refractivity contribution is 7.89. The molecule has 4 aromatic carbocycles. The number of carbonyl (C=O) groups excluding carboxylic acids is 1. The van der Waals surface area contributed by atoms with Crippen LogP contribution in [0.5, 0.6) is 11.5 Å². The molecule has 52 heavy (non-hydrogen) atoms. The second-order valence-electron chi connectivity index (χ2n) is 10.9. The zero-order valence-corrected chi connectivity index (χ0v) is 28.2. The van der Waals surface area contributed by atoms with Gasteiger partial charge in [0.15, 0.2) is 5.43 Å². The number of nitro groups is 1. The van der Waals surface area contributed by atoms with Crippen molar-refractivity contribution < 1.29 is 49.2 Å². The minimum Gasteiger partial charge on any atom is -0.456 e. The molecule has 0 saturated carbocycles. The highest BCUT2D eigenvalue weighted by Crippen LogP contribution is 2.37. The maximum atomic E-state index is 12.9. The lowest BCUT2D eigenvalue weighted by atomic mass is 9.99. The zero-order chi connectivity index (χ0) is 38.6. The van der Waals surface area contributed by atoms with E-state index in [1.54, 1.807) is 40.9 Å². The van der Waals surface area contributed by atoms with Gasteiger partial charge in [-0.1, -0.05) is 54.1 Å². The molecule has 0 aliphatic carbocycles. The smallest absolute Gasteiger partial charge is 0.416 e. The molecule has 1 amide bonds. The van der Waals surface area contributed by atoms with Crippen molar-refractivity contribution in [1.29, 1.82) is 0 Å². The van der Waals surface area contributed by atoms with Gasteiger partial charge in [0.2, 0.25) is 10.0 Å². The lowest BCUT2D eigenvalue weighted by Gasteiger charge is -2.12. The van der Waals surface area contributed by atoms with Gasteiger partial charge >= 0.3 is 12.4 Å². The molecule has 0 radical (unpaired) electrons. The Balaban J connectivity index is 0.000000235. The Bertz CT molecular complexity index is 2310. The molecule has 0 aliphatic rings. The number of pyridine rings is 1. The van der Waals surface area contributed by atoms with E-state index in [9.17, 15) is 54.5 Å². The number of sulfonamides is 1. The van der Waals surface area contributed by atoms with Gasteiger partial charge in [-0.2, -0.15) is 26.3 Å². The van der Waals surface area contributed by atoms with Crippen LogP contribution >= 0.6 is 11.6 Å². The van der Waals surface area contributed by atoms with Crippen molar-refractivity contribution in [3.05, 3.63) is 145 Å². The summed E-state index contributed by atoms with van der Waals surface area (Å²) in [6.45, 7) is 0. The van der Waals surface area contributed by atoms with Crippen molar-refractivity contribution in [3.8, 4) is 33.8 Å². The highest BCUT2D eigenvalue weighted by atomic mass is 35.5. The molecule has 272 valence electrons. The minimum absolute atomic E-state index is 0.189. The number of halogens is 7. The standard InChI is InChI=1S/C19H14F3NO.C15H10ClF3N2O6S/c1-23-11-16(13-6-3-2-4-7-13)18(24)17(12-23)14-8-5-9-15(10-14)19(20,21)22;1-28(25,26)20-14(22)10-7-9(3-4-12(10)21(23)24)27-13-5-2-8(6-11(13)16)15(17,18)19/h2-12H,1H3;2-7H,1H3,(H,20,22). The molecule has 1 heterocycles. The Morgan fingerprint density at radius 2 is 1.40 bits per heavy atom. The first-order valence-corrected chi connectivity index (χ1v) is 16.7. The summed E-state index contributed by atoms with van der Waals surface area (Å²) in [5.74, 6) is -1.68. The molecule has 1 N–H and O–H groups in total. The fraction of sp³-hybridized carbons (Fsp3) is 0.118. The number of nitrogens with one attached hydrogen (secondary N) is 1. The number of aromatic nitrogens is 1. The second-order valence-corrected chi connectivity index (χ2v) is 13.1. The molecule has 0 fully saturated rings. The first-order chi connectivity index (χ1) is 24.1. The average molecular weight is 768 g/mol. The van der Waals surface area contributed by atoms with Crippen LogP contribution in [0.2, 0.25) is 5.02 Å². The van der Waals surface area contributed by atoms with Crippen LogP contribution < -0.4 is 14.9 Å². The van der Waals surface area contributed by atoms with Crippen LogP contribution in [0.1, 0.15) is 21.5 Å². The minimum atomic E-state index is -4.62. The van der Waals surface area contributed by atoms with E-state index in [0.717, 1.165) is 42.0 Å². The van der Waals surface area contributed by atoms with Crippen molar-refractivity contribution in [2.24, 2.45) is 7.05 Å². The number of carbonyl (C=O) groups is 1. The molecule has 5 rings (SSSR count). The molecule has 0 spiro atoms. The fourth-order valence-electron chi connectivity index (χ4n) is 4.63. The molecule has 18 heteroatoms. The van der Waals surface area contributed by atoms with E-state index in [2.05, 4.69) is 0 Å². The summed E-state index contributed by atoms with van der Waals surface area (Å²) < 4.78 is 108. The van der Waals surface area contributed by atoms with Gasteiger partial charge in [-0.15, -0.1) is 0 Å². The summed E-state index contributed by atoms with van der Waals surface area (Å²) >= 11 is 5.76. The molecule has 1 aromatic heterocycles. The van der Waals surface area contributed by atoms with E-state index in [-0.39, 0.29) is 28.1 Å². The number of benzene rings is 4. The van der Waals surface area contributed by atoms with E-state index in [1.165, 1.54) is 12.1 Å². The third kappa shape index (κ3) is 9.97. The number of amides is 1. The Morgan fingerprint density at radius 3 is 1.96 bits per heavy atom. The number of rotatable bonds is 7. The third-order valence-electron chi connectivity index (χ3n) is 6.91. The van der Waals surface area contributed by atoms with Gasteiger partial charge in [0, 0.05) is 42.7 Å². The van der Waals surface area contributed by atoms with E-state index in [1.807, 2.05) is 18.2 Å². The Kier molecular flexibility index (Phi) is 11.5. The van der Waals surface area contributed by atoms with Gasteiger partial charge in [-0.25, -0.2) is 13.1 Å². The summed E-state index contributed by atoms with van der Waals surface area (Å²) in [5.41, 5.74) is -1.73. The first kappa shape index (κ1) is 39.1. The van der Waals surface area contributed by atoms with Gasteiger partial charge in [0.25, 0.3) is 11.6 Å². The van der Waals surface area contributed by atoms with E-state index in [4.69, 9.17) is 16.3 Å². The van der Waals surface area contributed by atoms with Gasteiger partial charge in [-0.3, -0.25) is 19.7 Å².